The molecule has 2 atom stereocenters. The molecule has 1 aromatic rings. The molecule has 122 valence electrons. The van der Waals surface area contributed by atoms with Crippen molar-refractivity contribution in [2.45, 2.75) is 18.2 Å². The van der Waals surface area contributed by atoms with E-state index < -0.39 is 17.7 Å². The van der Waals surface area contributed by atoms with Gasteiger partial charge in [-0.1, -0.05) is 0 Å². The van der Waals surface area contributed by atoms with Gasteiger partial charge in [0, 0.05) is 13.0 Å². The Hall–Kier alpha value is -2.16. The molecule has 9 heteroatoms. The van der Waals surface area contributed by atoms with Gasteiger partial charge in [-0.2, -0.15) is 9.97 Å². The van der Waals surface area contributed by atoms with Crippen LogP contribution in [0, 0.1) is 0 Å². The molecular formula is C13H18FN3O5. The Labute approximate surface area is 126 Å². The van der Waals surface area contributed by atoms with Gasteiger partial charge >= 0.3 is 12.0 Å². The highest BCUT2D eigenvalue weighted by molar-refractivity contribution is 5.80. The summed E-state index contributed by atoms with van der Waals surface area (Å²) in [5.41, 5.74) is -2.31. The van der Waals surface area contributed by atoms with Crippen LogP contribution in [0.2, 0.25) is 0 Å². The molecule has 2 rings (SSSR count). The average molecular weight is 315 g/mol. The van der Waals surface area contributed by atoms with Crippen LogP contribution < -0.4 is 19.5 Å². The van der Waals surface area contributed by atoms with Crippen LogP contribution in [-0.4, -0.2) is 62.1 Å². The molecule has 1 aliphatic heterocycles. The van der Waals surface area contributed by atoms with Crippen LogP contribution in [0.4, 0.5) is 4.39 Å². The maximum Gasteiger partial charge on any atom is 0.348 e. The predicted octanol–water partition coefficient (Wildman–Crippen LogP) is 0.116. The molecule has 0 amide bonds. The van der Waals surface area contributed by atoms with Crippen molar-refractivity contribution in [2.24, 2.45) is 0 Å². The summed E-state index contributed by atoms with van der Waals surface area (Å²) in [5, 5.41) is 2.81. The Bertz CT molecular complexity index is 522. The molecule has 8 nitrogen and oxygen atoms in total. The van der Waals surface area contributed by atoms with E-state index in [1.54, 1.807) is 0 Å². The maximum absolute atomic E-state index is 14.9. The molecule has 1 aliphatic rings. The van der Waals surface area contributed by atoms with Gasteiger partial charge in [-0.25, -0.2) is 9.18 Å². The topological polar surface area (TPSA) is 91.8 Å². The summed E-state index contributed by atoms with van der Waals surface area (Å²) in [6, 6.07) is 1.33. The Morgan fingerprint density at radius 2 is 1.95 bits per heavy atom. The molecule has 2 heterocycles. The number of hydrogen-bond acceptors (Lipinski definition) is 8. The zero-order valence-corrected chi connectivity index (χ0v) is 12.6. The number of piperidine rings is 1. The summed E-state index contributed by atoms with van der Waals surface area (Å²) >= 11 is 0. The molecule has 0 aliphatic carbocycles. The second-order valence-corrected chi connectivity index (χ2v) is 4.66. The van der Waals surface area contributed by atoms with Crippen LogP contribution >= 0.6 is 0 Å². The van der Waals surface area contributed by atoms with E-state index in [4.69, 9.17) is 14.2 Å². The van der Waals surface area contributed by atoms with E-state index in [-0.39, 0.29) is 30.7 Å². The summed E-state index contributed by atoms with van der Waals surface area (Å²) in [7, 11) is 3.97. The van der Waals surface area contributed by atoms with Gasteiger partial charge in [-0.3, -0.25) is 0 Å². The van der Waals surface area contributed by atoms with E-state index in [1.165, 1.54) is 20.3 Å². The van der Waals surface area contributed by atoms with Gasteiger partial charge in [0.1, 0.15) is 6.10 Å². The van der Waals surface area contributed by atoms with E-state index in [2.05, 4.69) is 20.0 Å². The fraction of sp³-hybridized carbons (Fsp3) is 0.615. The second kappa shape index (κ2) is 6.73. The van der Waals surface area contributed by atoms with E-state index in [0.717, 1.165) is 7.11 Å². The molecule has 1 fully saturated rings. The highest BCUT2D eigenvalue weighted by atomic mass is 19.1. The van der Waals surface area contributed by atoms with Gasteiger partial charge < -0.3 is 24.3 Å². The number of halogens is 1. The van der Waals surface area contributed by atoms with Crippen molar-refractivity contribution in [1.29, 1.82) is 0 Å². The first-order valence-electron chi connectivity index (χ1n) is 6.65. The fourth-order valence-corrected chi connectivity index (χ4v) is 2.14. The number of methoxy groups -OCH3 is 3. The zero-order chi connectivity index (χ0) is 16.2. The molecule has 0 bridgehead atoms. The molecule has 0 radical (unpaired) electrons. The lowest BCUT2D eigenvalue weighted by Gasteiger charge is -2.34. The molecule has 22 heavy (non-hydrogen) atoms. The molecule has 0 aromatic carbocycles. The van der Waals surface area contributed by atoms with Crippen molar-refractivity contribution in [1.82, 2.24) is 15.3 Å². The number of alkyl halides is 1. The van der Waals surface area contributed by atoms with Crippen molar-refractivity contribution in [3.05, 3.63) is 6.07 Å². The third-order valence-electron chi connectivity index (χ3n) is 3.33. The molecular weight excluding hydrogens is 297 g/mol. The number of carbonyl (C=O) groups is 1. The van der Waals surface area contributed by atoms with Gasteiger partial charge in [0.25, 0.3) is 5.67 Å². The number of ether oxygens (including phenoxy) is 4. The first-order chi connectivity index (χ1) is 10.5. The lowest BCUT2D eigenvalue weighted by Crippen LogP contribution is -2.59. The first-order valence-corrected chi connectivity index (χ1v) is 6.65. The Balaban J connectivity index is 2.25. The monoisotopic (exact) mass is 315 g/mol. The predicted molar refractivity (Wildman–Crippen MR) is 72.9 cm³/mol. The highest BCUT2D eigenvalue weighted by Gasteiger charge is 2.51. The number of nitrogens with one attached hydrogen (secondary N) is 1. The zero-order valence-electron chi connectivity index (χ0n) is 12.6. The second-order valence-electron chi connectivity index (χ2n) is 4.66. The van der Waals surface area contributed by atoms with E-state index in [9.17, 15) is 9.18 Å². The molecule has 1 aromatic heterocycles. The minimum atomic E-state index is -2.31. The average Bonchev–Trinajstić information content (AvgIpc) is 2.55. The summed E-state index contributed by atoms with van der Waals surface area (Å²) in [4.78, 5) is 19.7. The first kappa shape index (κ1) is 16.2. The van der Waals surface area contributed by atoms with Crippen molar-refractivity contribution in [3.8, 4) is 17.8 Å². The van der Waals surface area contributed by atoms with Crippen molar-refractivity contribution < 1.29 is 28.1 Å². The highest BCUT2D eigenvalue weighted by Crippen LogP contribution is 2.28. The summed E-state index contributed by atoms with van der Waals surface area (Å²) < 4.78 is 34.9. The summed E-state index contributed by atoms with van der Waals surface area (Å²) in [6.45, 7) is 0.292. The molecule has 1 N–H and O–H groups in total. The minimum absolute atomic E-state index is 0.131. The Morgan fingerprint density at radius 3 is 2.50 bits per heavy atom. The lowest BCUT2D eigenvalue weighted by atomic mass is 9.92. The van der Waals surface area contributed by atoms with E-state index >= 15 is 0 Å². The quantitative estimate of drug-likeness (QED) is 0.766. The molecule has 0 saturated carbocycles. The van der Waals surface area contributed by atoms with Crippen LogP contribution in [0.3, 0.4) is 0 Å². The number of aromatic nitrogens is 2. The van der Waals surface area contributed by atoms with Gasteiger partial charge in [0.15, 0.2) is 0 Å². The smallest absolute Gasteiger partial charge is 0.348 e. The lowest BCUT2D eigenvalue weighted by molar-refractivity contribution is -0.163. The van der Waals surface area contributed by atoms with Gasteiger partial charge in [0.05, 0.1) is 27.4 Å². The van der Waals surface area contributed by atoms with Crippen molar-refractivity contribution in [3.63, 3.8) is 0 Å². The standard InChI is InChI=1S/C13H18FN3O5/c1-19-9-6-10(20-2)17-12(16-9)22-8-4-5-15-7-13(8,14)11(18)21-3/h6,8,15H,4-5,7H2,1-3H3. The van der Waals surface area contributed by atoms with Crippen LogP contribution in [0.15, 0.2) is 6.07 Å². The third-order valence-corrected chi connectivity index (χ3v) is 3.33. The number of esters is 1. The van der Waals surface area contributed by atoms with Crippen molar-refractivity contribution >= 4 is 5.97 Å². The molecule has 2 unspecified atom stereocenters. The van der Waals surface area contributed by atoms with E-state index in [0.29, 0.717) is 6.54 Å². The summed E-state index contributed by atoms with van der Waals surface area (Å²) in [5.74, 6) is -0.587. The van der Waals surface area contributed by atoms with Gasteiger partial charge in [-0.05, 0) is 6.54 Å². The molecule has 1 saturated heterocycles. The third kappa shape index (κ3) is 3.19. The largest absolute Gasteiger partial charge is 0.481 e. The van der Waals surface area contributed by atoms with Gasteiger partial charge in [-0.15, -0.1) is 0 Å². The molecule has 0 spiro atoms. The Morgan fingerprint density at radius 1 is 1.32 bits per heavy atom. The van der Waals surface area contributed by atoms with Crippen LogP contribution in [0.1, 0.15) is 6.42 Å². The van der Waals surface area contributed by atoms with Crippen LogP contribution in [0.25, 0.3) is 0 Å². The normalized spacial score (nSPS) is 24.5. The van der Waals surface area contributed by atoms with Crippen LogP contribution in [-0.2, 0) is 9.53 Å². The number of hydrogen-bond donors (Lipinski definition) is 1. The number of nitrogens with zero attached hydrogens (tertiary/aromatic N) is 2. The van der Waals surface area contributed by atoms with Crippen LogP contribution in [0.5, 0.6) is 17.8 Å². The van der Waals surface area contributed by atoms with E-state index in [1.807, 2.05) is 0 Å². The van der Waals surface area contributed by atoms with Gasteiger partial charge in [0.2, 0.25) is 11.8 Å². The minimum Gasteiger partial charge on any atom is -0.481 e. The fourth-order valence-electron chi connectivity index (χ4n) is 2.14. The number of carbonyl (C=O) groups excluding carboxylic acids is 1. The SMILES string of the molecule is COC(=O)C1(F)CNCCC1Oc1nc(OC)cc(OC)n1. The number of rotatable bonds is 5. The summed E-state index contributed by atoms with van der Waals surface area (Å²) in [6.07, 6.45) is -0.813. The maximum atomic E-state index is 14.9. The van der Waals surface area contributed by atoms with Crippen molar-refractivity contribution in [2.75, 3.05) is 34.4 Å². The Kier molecular flexibility index (Phi) is 4.96.